The van der Waals surface area contributed by atoms with Gasteiger partial charge < -0.3 is 10.5 Å². The number of nitrogens with two attached hydrogens (primary N) is 1. The number of hydrogen-bond acceptors (Lipinski definition) is 4. The van der Waals surface area contributed by atoms with Gasteiger partial charge in [0.25, 0.3) is 5.91 Å². The highest BCUT2D eigenvalue weighted by atomic mass is 16.5. The van der Waals surface area contributed by atoms with Gasteiger partial charge in [-0.2, -0.15) is 0 Å². The van der Waals surface area contributed by atoms with Crippen molar-refractivity contribution in [3.63, 3.8) is 0 Å². The smallest absolute Gasteiger partial charge is 0.318 e. The first kappa shape index (κ1) is 14.5. The number of urea groups is 1. The maximum Gasteiger partial charge on any atom is 0.318 e. The molecule has 0 unspecified atom stereocenters. The van der Waals surface area contributed by atoms with Gasteiger partial charge in [-0.05, 0) is 18.8 Å². The maximum absolute atomic E-state index is 11.8. The van der Waals surface area contributed by atoms with Crippen LogP contribution in [0.25, 0.3) is 0 Å². The lowest BCUT2D eigenvalue weighted by molar-refractivity contribution is -0.162. The van der Waals surface area contributed by atoms with E-state index in [2.05, 4.69) is 0 Å². The van der Waals surface area contributed by atoms with Gasteiger partial charge in [-0.25, -0.2) is 4.79 Å². The summed E-state index contributed by atoms with van der Waals surface area (Å²) < 4.78 is 5.20. The average molecular weight is 256 g/mol. The number of carbonyl (C=O) groups is 3. The fraction of sp³-hybridized carbons (Fsp3) is 0.750. The molecule has 0 aromatic rings. The summed E-state index contributed by atoms with van der Waals surface area (Å²) in [6, 6.07) is -0.942. The van der Waals surface area contributed by atoms with Crippen molar-refractivity contribution in [2.24, 2.45) is 17.6 Å². The zero-order valence-corrected chi connectivity index (χ0v) is 10.8. The maximum atomic E-state index is 11.8. The molecule has 0 radical (unpaired) electrons. The molecule has 0 bridgehead atoms. The minimum atomic E-state index is -0.967. The number of primary amides is 1. The quantitative estimate of drug-likeness (QED) is 0.731. The number of esters is 1. The molecular formula is C12H20N2O4. The van der Waals surface area contributed by atoms with Crippen LogP contribution in [0.1, 0.15) is 39.5 Å². The number of rotatable bonds is 4. The van der Waals surface area contributed by atoms with Crippen molar-refractivity contribution < 1.29 is 19.1 Å². The Morgan fingerprint density at radius 1 is 1.22 bits per heavy atom. The number of amides is 3. The lowest BCUT2D eigenvalue weighted by Gasteiger charge is -2.21. The summed E-state index contributed by atoms with van der Waals surface area (Å²) in [6.45, 7) is 3.49. The van der Waals surface area contributed by atoms with Crippen molar-refractivity contribution in [2.45, 2.75) is 45.6 Å². The van der Waals surface area contributed by atoms with Crippen LogP contribution in [0.4, 0.5) is 4.79 Å². The highest BCUT2D eigenvalue weighted by Gasteiger charge is 2.31. The third-order valence-electron chi connectivity index (χ3n) is 3.04. The predicted octanol–water partition coefficient (Wildman–Crippen LogP) is 0.939. The van der Waals surface area contributed by atoms with Crippen molar-refractivity contribution in [1.82, 2.24) is 5.32 Å². The van der Waals surface area contributed by atoms with Crippen molar-refractivity contribution in [3.05, 3.63) is 0 Å². The second-order valence-corrected chi connectivity index (χ2v) is 4.94. The minimum absolute atomic E-state index is 0.118. The standard InChI is InChI=1S/C12H20N2O4/c1-7(2)9(10(15)14-12(13)17)18-11(16)8-5-3-4-6-8/h7-9H,3-6H2,1-2H3,(H3,13,14,15,17)/t9-/m1/s1. The number of ether oxygens (including phenoxy) is 1. The van der Waals surface area contributed by atoms with E-state index in [1.54, 1.807) is 13.8 Å². The molecule has 0 heterocycles. The molecule has 0 spiro atoms. The number of nitrogens with one attached hydrogen (secondary N) is 1. The Morgan fingerprint density at radius 3 is 2.22 bits per heavy atom. The third-order valence-corrected chi connectivity index (χ3v) is 3.04. The summed E-state index contributed by atoms with van der Waals surface area (Å²) in [7, 11) is 0. The Balaban J connectivity index is 2.59. The van der Waals surface area contributed by atoms with Gasteiger partial charge in [-0.1, -0.05) is 26.7 Å². The predicted molar refractivity (Wildman–Crippen MR) is 64.4 cm³/mol. The van der Waals surface area contributed by atoms with Crippen LogP contribution < -0.4 is 11.1 Å². The zero-order valence-electron chi connectivity index (χ0n) is 10.8. The van der Waals surface area contributed by atoms with Crippen LogP contribution in [0.5, 0.6) is 0 Å². The van der Waals surface area contributed by atoms with Gasteiger partial charge in [-0.15, -0.1) is 0 Å². The number of imide groups is 1. The molecule has 1 rings (SSSR count). The molecule has 0 aromatic carbocycles. The molecule has 1 fully saturated rings. The Bertz CT molecular complexity index is 335. The summed E-state index contributed by atoms with van der Waals surface area (Å²) in [5, 5.41) is 1.94. The molecule has 0 aromatic heterocycles. The van der Waals surface area contributed by atoms with Crippen LogP contribution in [-0.4, -0.2) is 24.0 Å². The molecule has 3 amide bonds. The molecule has 0 saturated heterocycles. The van der Waals surface area contributed by atoms with Crippen LogP contribution in [0.3, 0.4) is 0 Å². The molecule has 1 aliphatic rings. The molecule has 3 N–H and O–H groups in total. The normalized spacial score (nSPS) is 17.5. The molecule has 1 saturated carbocycles. The summed E-state index contributed by atoms with van der Waals surface area (Å²) >= 11 is 0. The van der Waals surface area contributed by atoms with Gasteiger partial charge >= 0.3 is 12.0 Å². The van der Waals surface area contributed by atoms with Gasteiger partial charge in [0.1, 0.15) is 0 Å². The topological polar surface area (TPSA) is 98.5 Å². The lowest BCUT2D eigenvalue weighted by atomic mass is 10.1. The fourth-order valence-corrected chi connectivity index (χ4v) is 2.07. The van der Waals surface area contributed by atoms with E-state index in [-0.39, 0.29) is 17.8 Å². The summed E-state index contributed by atoms with van der Waals surface area (Å²) in [4.78, 5) is 34.1. The Morgan fingerprint density at radius 2 is 1.78 bits per heavy atom. The fourth-order valence-electron chi connectivity index (χ4n) is 2.07. The molecule has 6 heteroatoms. The van der Waals surface area contributed by atoms with Gasteiger partial charge in [0.05, 0.1) is 5.92 Å². The zero-order chi connectivity index (χ0) is 13.7. The SMILES string of the molecule is CC(C)[C@@H](OC(=O)C1CCCC1)C(=O)NC(N)=O. The summed E-state index contributed by atoms with van der Waals surface area (Å²) in [6.07, 6.45) is 2.67. The highest BCUT2D eigenvalue weighted by Crippen LogP contribution is 2.26. The Hall–Kier alpha value is -1.59. The van der Waals surface area contributed by atoms with Crippen LogP contribution >= 0.6 is 0 Å². The summed E-state index contributed by atoms with van der Waals surface area (Å²) in [5.41, 5.74) is 4.87. The van der Waals surface area contributed by atoms with Gasteiger partial charge in [-0.3, -0.25) is 14.9 Å². The first-order valence-electron chi connectivity index (χ1n) is 6.22. The van der Waals surface area contributed by atoms with Crippen molar-refractivity contribution >= 4 is 17.9 Å². The van der Waals surface area contributed by atoms with Gasteiger partial charge in [0.2, 0.25) is 0 Å². The first-order valence-corrected chi connectivity index (χ1v) is 6.22. The molecule has 6 nitrogen and oxygen atoms in total. The van der Waals surface area contributed by atoms with E-state index in [1.807, 2.05) is 5.32 Å². The van der Waals surface area contributed by atoms with Crippen LogP contribution in [-0.2, 0) is 14.3 Å². The van der Waals surface area contributed by atoms with E-state index in [1.165, 1.54) is 0 Å². The Kier molecular flexibility index (Phi) is 5.12. The van der Waals surface area contributed by atoms with E-state index >= 15 is 0 Å². The average Bonchev–Trinajstić information content (AvgIpc) is 2.77. The van der Waals surface area contributed by atoms with Crippen LogP contribution in [0.2, 0.25) is 0 Å². The summed E-state index contributed by atoms with van der Waals surface area (Å²) in [5.74, 6) is -1.35. The molecule has 1 atom stereocenters. The molecule has 1 aliphatic carbocycles. The monoisotopic (exact) mass is 256 g/mol. The molecular weight excluding hydrogens is 236 g/mol. The largest absolute Gasteiger partial charge is 0.452 e. The number of carbonyl (C=O) groups excluding carboxylic acids is 3. The number of hydrogen-bond donors (Lipinski definition) is 2. The van der Waals surface area contributed by atoms with Gasteiger partial charge in [0.15, 0.2) is 6.10 Å². The van der Waals surface area contributed by atoms with Crippen molar-refractivity contribution in [2.75, 3.05) is 0 Å². The van der Waals surface area contributed by atoms with E-state index in [4.69, 9.17) is 10.5 Å². The van der Waals surface area contributed by atoms with Crippen LogP contribution in [0, 0.1) is 11.8 Å². The lowest BCUT2D eigenvalue weighted by Crippen LogP contribution is -2.46. The van der Waals surface area contributed by atoms with Crippen molar-refractivity contribution in [3.8, 4) is 0 Å². The van der Waals surface area contributed by atoms with E-state index in [9.17, 15) is 14.4 Å². The first-order chi connectivity index (χ1) is 8.41. The minimum Gasteiger partial charge on any atom is -0.452 e. The van der Waals surface area contributed by atoms with E-state index < -0.39 is 18.0 Å². The molecule has 18 heavy (non-hydrogen) atoms. The second kappa shape index (κ2) is 6.37. The molecule has 0 aliphatic heterocycles. The molecule has 102 valence electrons. The van der Waals surface area contributed by atoms with Crippen LogP contribution in [0.15, 0.2) is 0 Å². The van der Waals surface area contributed by atoms with Crippen molar-refractivity contribution in [1.29, 1.82) is 0 Å². The van der Waals surface area contributed by atoms with Gasteiger partial charge in [0, 0.05) is 0 Å². The van der Waals surface area contributed by atoms with E-state index in [0.29, 0.717) is 0 Å². The third kappa shape index (κ3) is 4.01. The second-order valence-electron chi connectivity index (χ2n) is 4.94. The Labute approximate surface area is 106 Å². The highest BCUT2D eigenvalue weighted by molar-refractivity contribution is 5.96. The van der Waals surface area contributed by atoms with E-state index in [0.717, 1.165) is 25.7 Å².